The number of unbranched alkanes of at least 4 members (excludes halogenated alkanes) is 39. The minimum atomic E-state index is -4.95. The van der Waals surface area contributed by atoms with Crippen LogP contribution in [0.5, 0.6) is 0 Å². The van der Waals surface area contributed by atoms with E-state index >= 15 is 0 Å². The molecular weight excluding hydrogens is 1170 g/mol. The Hall–Kier alpha value is -1.94. The van der Waals surface area contributed by atoms with E-state index in [1.807, 2.05) is 0 Å². The molecule has 0 radical (unpaired) electrons. The van der Waals surface area contributed by atoms with Crippen LogP contribution in [-0.4, -0.2) is 96.7 Å². The van der Waals surface area contributed by atoms with Crippen LogP contribution in [0.15, 0.2) is 0 Å². The highest BCUT2D eigenvalue weighted by molar-refractivity contribution is 7.47. The minimum Gasteiger partial charge on any atom is -0.462 e. The molecule has 0 heterocycles. The quantitative estimate of drug-likeness (QED) is 0.0222. The molecule has 89 heavy (non-hydrogen) atoms. The third-order valence-electron chi connectivity index (χ3n) is 16.2. The van der Waals surface area contributed by atoms with Crippen LogP contribution in [0.1, 0.15) is 356 Å². The number of phosphoric ester groups is 2. The van der Waals surface area contributed by atoms with Gasteiger partial charge in [0.25, 0.3) is 0 Å². The van der Waals surface area contributed by atoms with Gasteiger partial charge >= 0.3 is 39.5 Å². The number of phosphoric acid groups is 2. The van der Waals surface area contributed by atoms with Crippen LogP contribution < -0.4 is 0 Å². The summed E-state index contributed by atoms with van der Waals surface area (Å²) in [5.74, 6) is -0.565. The zero-order valence-corrected chi connectivity index (χ0v) is 59.5. The molecule has 0 rings (SSSR count). The Bertz CT molecular complexity index is 1730. The molecule has 0 aromatic heterocycles. The molecule has 5 atom stereocenters. The molecule has 0 aromatic rings. The van der Waals surface area contributed by atoms with Crippen molar-refractivity contribution in [3.05, 3.63) is 0 Å². The van der Waals surface area contributed by atoms with Gasteiger partial charge in [0.1, 0.15) is 19.3 Å². The average Bonchev–Trinajstić information content (AvgIpc) is 3.71. The lowest BCUT2D eigenvalue weighted by molar-refractivity contribution is -0.161. The molecule has 0 aliphatic carbocycles. The van der Waals surface area contributed by atoms with E-state index in [2.05, 4.69) is 41.5 Å². The first-order chi connectivity index (χ1) is 42.9. The Kier molecular flexibility index (Phi) is 60.8. The first-order valence-corrected chi connectivity index (χ1v) is 39.5. The second-order valence-electron chi connectivity index (χ2n) is 26.2. The molecule has 0 aliphatic rings. The molecule has 3 N–H and O–H groups in total. The van der Waals surface area contributed by atoms with E-state index in [0.29, 0.717) is 25.7 Å². The van der Waals surface area contributed by atoms with E-state index < -0.39 is 97.5 Å². The topological polar surface area (TPSA) is 237 Å². The summed E-state index contributed by atoms with van der Waals surface area (Å²) in [5, 5.41) is 10.6. The average molecular weight is 1310 g/mol. The summed E-state index contributed by atoms with van der Waals surface area (Å²) in [6.45, 7) is 9.50. The van der Waals surface area contributed by atoms with E-state index in [-0.39, 0.29) is 25.7 Å². The summed E-state index contributed by atoms with van der Waals surface area (Å²) < 4.78 is 68.1. The zero-order chi connectivity index (χ0) is 65.7. The second kappa shape index (κ2) is 62.2. The van der Waals surface area contributed by atoms with Crippen molar-refractivity contribution < 1.29 is 80.2 Å². The monoisotopic (exact) mass is 1310 g/mol. The number of hydrogen-bond acceptors (Lipinski definition) is 15. The predicted octanol–water partition coefficient (Wildman–Crippen LogP) is 20.0. The molecule has 0 fully saturated rings. The SMILES string of the molecule is CCCCCCCCCCCCCCCC(=O)O[C@H](COC(=O)CCCCCCC)COP(=O)(O)OC[C@H](O)COP(=O)(O)OC[C@@H](COC(=O)CCCCCCCCCCCCCCC(C)C)OC(=O)CCCCCCCCCCCCCCCC(C)C. The standard InChI is InChI=1S/C70H136O17P2/c1-7-9-11-13-14-15-16-18-26-31-36-42-48-54-69(74)86-65(58-80-67(72)52-46-38-12-10-8-2)60-84-88(76,77)82-56-64(71)57-83-89(78,79)85-61-66(59-81-68(73)53-47-41-35-30-25-22-21-24-29-34-40-45-51-63(5)6)87-70(75)55-49-43-37-32-27-20-17-19-23-28-33-39-44-50-62(3)4/h62-66,71H,7-61H2,1-6H3,(H,76,77)(H,78,79)/t64-,65+,66+/m0/s1. The number of carbonyl (C=O) groups excluding carboxylic acids is 4. The number of aliphatic hydroxyl groups excluding tert-OH is 1. The lowest BCUT2D eigenvalue weighted by atomic mass is 10.0. The maximum atomic E-state index is 13.0. The fourth-order valence-corrected chi connectivity index (χ4v) is 12.2. The summed E-state index contributed by atoms with van der Waals surface area (Å²) in [7, 11) is -9.89. The van der Waals surface area contributed by atoms with Crippen molar-refractivity contribution in [1.29, 1.82) is 0 Å². The highest BCUT2D eigenvalue weighted by atomic mass is 31.2. The van der Waals surface area contributed by atoms with E-state index in [4.69, 9.17) is 37.0 Å². The first kappa shape index (κ1) is 87.1. The number of carbonyl (C=O) groups is 4. The van der Waals surface area contributed by atoms with Crippen LogP contribution in [0.2, 0.25) is 0 Å². The van der Waals surface area contributed by atoms with Gasteiger partial charge in [0.05, 0.1) is 26.4 Å². The van der Waals surface area contributed by atoms with Crippen molar-refractivity contribution in [1.82, 2.24) is 0 Å². The van der Waals surface area contributed by atoms with Gasteiger partial charge in [0.2, 0.25) is 0 Å². The second-order valence-corrected chi connectivity index (χ2v) is 29.1. The molecule has 17 nitrogen and oxygen atoms in total. The van der Waals surface area contributed by atoms with Gasteiger partial charge in [0.15, 0.2) is 12.2 Å². The van der Waals surface area contributed by atoms with Crippen molar-refractivity contribution in [2.75, 3.05) is 39.6 Å². The Morgan fingerprint density at radius 3 is 0.764 bits per heavy atom. The minimum absolute atomic E-state index is 0.107. The maximum absolute atomic E-state index is 13.0. The Morgan fingerprint density at radius 2 is 0.517 bits per heavy atom. The van der Waals surface area contributed by atoms with Crippen LogP contribution in [-0.2, 0) is 65.4 Å². The van der Waals surface area contributed by atoms with Gasteiger partial charge in [-0.2, -0.15) is 0 Å². The van der Waals surface area contributed by atoms with Gasteiger partial charge in [-0.25, -0.2) is 9.13 Å². The molecule has 0 amide bonds. The first-order valence-electron chi connectivity index (χ1n) is 36.5. The third kappa shape index (κ3) is 64.6. The fourth-order valence-electron chi connectivity index (χ4n) is 10.6. The number of rotatable bonds is 69. The van der Waals surface area contributed by atoms with Gasteiger partial charge in [-0.1, -0.05) is 305 Å². The van der Waals surface area contributed by atoms with Gasteiger partial charge in [-0.05, 0) is 37.5 Å². The third-order valence-corrected chi connectivity index (χ3v) is 18.1. The Labute approximate surface area is 543 Å². The van der Waals surface area contributed by atoms with Gasteiger partial charge in [-0.15, -0.1) is 0 Å². The Morgan fingerprint density at radius 1 is 0.303 bits per heavy atom. The normalized spacial score (nSPS) is 14.1. The number of ether oxygens (including phenoxy) is 4. The van der Waals surface area contributed by atoms with Crippen molar-refractivity contribution in [3.8, 4) is 0 Å². The highest BCUT2D eigenvalue weighted by Crippen LogP contribution is 2.45. The molecule has 0 spiro atoms. The van der Waals surface area contributed by atoms with Crippen LogP contribution >= 0.6 is 15.6 Å². The number of hydrogen-bond donors (Lipinski definition) is 3. The maximum Gasteiger partial charge on any atom is 0.472 e. The molecule has 0 bridgehead atoms. The van der Waals surface area contributed by atoms with Crippen LogP contribution in [0.4, 0.5) is 0 Å². The van der Waals surface area contributed by atoms with E-state index in [1.54, 1.807) is 0 Å². The summed E-state index contributed by atoms with van der Waals surface area (Å²) in [4.78, 5) is 72.3. The molecule has 19 heteroatoms. The lowest BCUT2D eigenvalue weighted by Gasteiger charge is -2.21. The summed E-state index contributed by atoms with van der Waals surface area (Å²) in [6.07, 6.45) is 47.5. The van der Waals surface area contributed by atoms with Gasteiger partial charge in [-0.3, -0.25) is 37.3 Å². The number of esters is 4. The van der Waals surface area contributed by atoms with Gasteiger partial charge < -0.3 is 33.8 Å². The van der Waals surface area contributed by atoms with Crippen LogP contribution in [0.25, 0.3) is 0 Å². The number of aliphatic hydroxyl groups is 1. The molecule has 0 aliphatic heterocycles. The summed E-state index contributed by atoms with van der Waals surface area (Å²) in [5.41, 5.74) is 0. The molecular formula is C70H136O17P2. The van der Waals surface area contributed by atoms with E-state index in [0.717, 1.165) is 108 Å². The van der Waals surface area contributed by atoms with E-state index in [9.17, 15) is 43.2 Å². The predicted molar refractivity (Wildman–Crippen MR) is 358 cm³/mol. The smallest absolute Gasteiger partial charge is 0.462 e. The molecule has 0 saturated heterocycles. The molecule has 528 valence electrons. The Balaban J connectivity index is 5.16. The largest absolute Gasteiger partial charge is 0.472 e. The molecule has 2 unspecified atom stereocenters. The fraction of sp³-hybridized carbons (Fsp3) is 0.943. The van der Waals surface area contributed by atoms with E-state index in [1.165, 1.54) is 167 Å². The molecule has 0 saturated carbocycles. The van der Waals surface area contributed by atoms with Crippen LogP contribution in [0, 0.1) is 11.8 Å². The van der Waals surface area contributed by atoms with Crippen molar-refractivity contribution >= 4 is 39.5 Å². The lowest BCUT2D eigenvalue weighted by Crippen LogP contribution is -2.30. The summed E-state index contributed by atoms with van der Waals surface area (Å²) >= 11 is 0. The van der Waals surface area contributed by atoms with Crippen molar-refractivity contribution in [2.45, 2.75) is 374 Å². The van der Waals surface area contributed by atoms with Crippen LogP contribution in [0.3, 0.4) is 0 Å². The summed E-state index contributed by atoms with van der Waals surface area (Å²) in [6, 6.07) is 0. The highest BCUT2D eigenvalue weighted by Gasteiger charge is 2.30. The van der Waals surface area contributed by atoms with Crippen molar-refractivity contribution in [2.24, 2.45) is 11.8 Å². The zero-order valence-electron chi connectivity index (χ0n) is 57.7. The van der Waals surface area contributed by atoms with Gasteiger partial charge in [0, 0.05) is 25.7 Å². The van der Waals surface area contributed by atoms with Crippen molar-refractivity contribution in [3.63, 3.8) is 0 Å². The molecule has 0 aromatic carbocycles.